The van der Waals surface area contributed by atoms with Gasteiger partial charge in [-0.2, -0.15) is 0 Å². The summed E-state index contributed by atoms with van der Waals surface area (Å²) in [6.07, 6.45) is 6.04. The second kappa shape index (κ2) is 4.20. The summed E-state index contributed by atoms with van der Waals surface area (Å²) in [6.45, 7) is 12.8. The molecule has 1 aliphatic carbocycles. The fraction of sp³-hybridized carbons (Fsp3) is 0.692. The van der Waals surface area contributed by atoms with E-state index in [-0.39, 0.29) is 0 Å². The van der Waals surface area contributed by atoms with E-state index in [2.05, 4.69) is 38.7 Å². The predicted octanol–water partition coefficient (Wildman–Crippen LogP) is 3.63. The van der Waals surface area contributed by atoms with Crippen LogP contribution in [0.5, 0.6) is 0 Å². The van der Waals surface area contributed by atoms with Crippen molar-refractivity contribution in [3.05, 3.63) is 23.9 Å². The largest absolute Gasteiger partial charge is 0.386 e. The summed E-state index contributed by atoms with van der Waals surface area (Å²) in [5.41, 5.74) is 3.05. The Morgan fingerprint density at radius 3 is 2.50 bits per heavy atom. The van der Waals surface area contributed by atoms with Crippen LogP contribution in [0, 0.1) is 5.41 Å². The highest BCUT2D eigenvalue weighted by molar-refractivity contribution is 5.15. The van der Waals surface area contributed by atoms with Crippen molar-refractivity contribution in [2.24, 2.45) is 5.41 Å². The van der Waals surface area contributed by atoms with E-state index < -0.39 is 0 Å². The fourth-order valence-corrected chi connectivity index (χ4v) is 1.99. The minimum atomic E-state index is 0.355. The van der Waals surface area contributed by atoms with E-state index in [0.717, 1.165) is 12.1 Å². The first kappa shape index (κ1) is 11.4. The fourth-order valence-electron chi connectivity index (χ4n) is 1.99. The molecular weight excluding hydrogens is 170 g/mol. The van der Waals surface area contributed by atoms with Crippen LogP contribution >= 0.6 is 0 Å². The zero-order valence-corrected chi connectivity index (χ0v) is 9.98. The van der Waals surface area contributed by atoms with Crippen LogP contribution in [0.1, 0.15) is 47.0 Å². The second-order valence-electron chi connectivity index (χ2n) is 5.38. The third-order valence-corrected chi connectivity index (χ3v) is 2.82. The van der Waals surface area contributed by atoms with E-state index in [1.807, 2.05) is 6.92 Å². The van der Waals surface area contributed by atoms with Gasteiger partial charge in [-0.1, -0.05) is 39.0 Å². The molecule has 1 heteroatoms. The van der Waals surface area contributed by atoms with Crippen molar-refractivity contribution in [1.82, 2.24) is 5.32 Å². The molecule has 0 fully saturated rings. The molecule has 0 spiro atoms. The van der Waals surface area contributed by atoms with Gasteiger partial charge in [0.1, 0.15) is 0 Å². The van der Waals surface area contributed by atoms with E-state index in [0.29, 0.717) is 11.5 Å². The third-order valence-electron chi connectivity index (χ3n) is 2.82. The highest BCUT2D eigenvalue weighted by Gasteiger charge is 2.21. The highest BCUT2D eigenvalue weighted by Crippen LogP contribution is 2.33. The molecule has 1 N–H and O–H groups in total. The minimum Gasteiger partial charge on any atom is -0.386 e. The predicted molar refractivity (Wildman–Crippen MR) is 63.1 cm³/mol. The molecule has 1 atom stereocenters. The lowest BCUT2D eigenvalue weighted by Crippen LogP contribution is -2.30. The van der Waals surface area contributed by atoms with Crippen molar-refractivity contribution in [2.45, 2.75) is 53.0 Å². The summed E-state index contributed by atoms with van der Waals surface area (Å²) in [4.78, 5) is 0. The van der Waals surface area contributed by atoms with Gasteiger partial charge in [0.15, 0.2) is 0 Å². The molecule has 1 nitrogen and oxygen atoms in total. The normalized spacial score (nSPS) is 22.9. The Hall–Kier alpha value is -0.720. The van der Waals surface area contributed by atoms with E-state index in [9.17, 15) is 0 Å². The summed E-state index contributed by atoms with van der Waals surface area (Å²) >= 11 is 0. The molecule has 0 aliphatic heterocycles. The molecule has 0 aromatic heterocycles. The third kappa shape index (κ3) is 3.21. The average molecular weight is 193 g/mol. The standard InChI is InChI=1S/C13H23N/c1-10(2)14-12-8-6-11(7-9-12)13(3,4)5/h6,12,14H,1,7-9H2,2-5H3. The Balaban J connectivity index is 2.51. The summed E-state index contributed by atoms with van der Waals surface area (Å²) in [6, 6.07) is 0.610. The molecule has 1 aliphatic rings. The number of hydrogen-bond acceptors (Lipinski definition) is 1. The molecule has 0 heterocycles. The lowest BCUT2D eigenvalue weighted by molar-refractivity contribution is 0.425. The molecule has 0 aromatic rings. The minimum absolute atomic E-state index is 0.355. The van der Waals surface area contributed by atoms with Gasteiger partial charge >= 0.3 is 0 Å². The first-order valence-corrected chi connectivity index (χ1v) is 5.51. The smallest absolute Gasteiger partial charge is 0.0295 e. The number of allylic oxidation sites excluding steroid dienone is 2. The Morgan fingerprint density at radius 2 is 2.14 bits per heavy atom. The molecule has 14 heavy (non-hydrogen) atoms. The van der Waals surface area contributed by atoms with Crippen LogP contribution in [0.4, 0.5) is 0 Å². The lowest BCUT2D eigenvalue weighted by atomic mass is 9.79. The van der Waals surface area contributed by atoms with Crippen LogP contribution in [0.15, 0.2) is 23.9 Å². The Morgan fingerprint density at radius 1 is 1.50 bits per heavy atom. The Labute approximate surface area is 88.3 Å². The van der Waals surface area contributed by atoms with Crippen LogP contribution in [-0.4, -0.2) is 6.04 Å². The van der Waals surface area contributed by atoms with Gasteiger partial charge in [0, 0.05) is 11.7 Å². The van der Waals surface area contributed by atoms with Crippen LogP contribution in [-0.2, 0) is 0 Å². The molecule has 1 unspecified atom stereocenters. The lowest BCUT2D eigenvalue weighted by Gasteiger charge is -2.30. The Kier molecular flexibility index (Phi) is 3.41. The maximum Gasteiger partial charge on any atom is 0.0295 e. The van der Waals surface area contributed by atoms with Gasteiger partial charge < -0.3 is 5.32 Å². The molecular formula is C13H23N. The zero-order chi connectivity index (χ0) is 10.8. The van der Waals surface area contributed by atoms with E-state index in [4.69, 9.17) is 0 Å². The van der Waals surface area contributed by atoms with Gasteiger partial charge in [-0.15, -0.1) is 0 Å². The summed E-state index contributed by atoms with van der Waals surface area (Å²) in [5.74, 6) is 0. The quantitative estimate of drug-likeness (QED) is 0.660. The van der Waals surface area contributed by atoms with Crippen LogP contribution in [0.2, 0.25) is 0 Å². The van der Waals surface area contributed by atoms with Crippen molar-refractivity contribution in [3.63, 3.8) is 0 Å². The monoisotopic (exact) mass is 193 g/mol. The maximum atomic E-state index is 3.89. The number of hydrogen-bond donors (Lipinski definition) is 1. The van der Waals surface area contributed by atoms with Gasteiger partial charge in [-0.05, 0) is 31.6 Å². The van der Waals surface area contributed by atoms with Crippen LogP contribution in [0.3, 0.4) is 0 Å². The van der Waals surface area contributed by atoms with Gasteiger partial charge in [0.2, 0.25) is 0 Å². The molecule has 0 bridgehead atoms. The molecule has 1 rings (SSSR count). The molecule has 0 amide bonds. The molecule has 0 radical (unpaired) electrons. The summed E-state index contributed by atoms with van der Waals surface area (Å²) in [7, 11) is 0. The van der Waals surface area contributed by atoms with Crippen molar-refractivity contribution >= 4 is 0 Å². The molecule has 0 saturated carbocycles. The summed E-state index contributed by atoms with van der Waals surface area (Å²) < 4.78 is 0. The highest BCUT2D eigenvalue weighted by atomic mass is 14.9. The van der Waals surface area contributed by atoms with E-state index >= 15 is 0 Å². The summed E-state index contributed by atoms with van der Waals surface area (Å²) in [5, 5.41) is 3.41. The second-order valence-corrected chi connectivity index (χ2v) is 5.38. The van der Waals surface area contributed by atoms with Gasteiger partial charge in [-0.25, -0.2) is 0 Å². The van der Waals surface area contributed by atoms with Crippen molar-refractivity contribution < 1.29 is 0 Å². The zero-order valence-electron chi connectivity index (χ0n) is 9.98. The van der Waals surface area contributed by atoms with Gasteiger partial charge in [0.25, 0.3) is 0 Å². The van der Waals surface area contributed by atoms with Crippen molar-refractivity contribution in [1.29, 1.82) is 0 Å². The first-order valence-electron chi connectivity index (χ1n) is 5.51. The molecule has 80 valence electrons. The first-order chi connectivity index (χ1) is 6.39. The van der Waals surface area contributed by atoms with Crippen molar-refractivity contribution in [3.8, 4) is 0 Å². The Bertz CT molecular complexity index is 242. The molecule has 0 saturated heterocycles. The van der Waals surface area contributed by atoms with E-state index in [1.165, 1.54) is 12.8 Å². The average Bonchev–Trinajstić information content (AvgIpc) is 2.02. The topological polar surface area (TPSA) is 12.0 Å². The maximum absolute atomic E-state index is 3.89. The van der Waals surface area contributed by atoms with E-state index in [1.54, 1.807) is 5.57 Å². The van der Waals surface area contributed by atoms with Crippen molar-refractivity contribution in [2.75, 3.05) is 0 Å². The van der Waals surface area contributed by atoms with Gasteiger partial charge in [-0.3, -0.25) is 0 Å². The van der Waals surface area contributed by atoms with Gasteiger partial charge in [0.05, 0.1) is 0 Å². The van der Waals surface area contributed by atoms with Crippen LogP contribution < -0.4 is 5.32 Å². The van der Waals surface area contributed by atoms with Crippen LogP contribution in [0.25, 0.3) is 0 Å². The molecule has 0 aromatic carbocycles. The number of nitrogens with one attached hydrogen (secondary N) is 1. The SMILES string of the molecule is C=C(C)NC1CC=C(C(C)(C)C)CC1. The number of rotatable bonds is 2.